The molecule has 0 radical (unpaired) electrons. The van der Waals surface area contributed by atoms with Gasteiger partial charge in [-0.3, -0.25) is 9.78 Å². The van der Waals surface area contributed by atoms with Crippen molar-refractivity contribution in [1.29, 1.82) is 0 Å². The highest BCUT2D eigenvalue weighted by Crippen LogP contribution is 2.61. The fraction of sp³-hybridized carbons (Fsp3) is 0.455. The van der Waals surface area contributed by atoms with E-state index in [1.165, 1.54) is 12.3 Å². The number of hydrogen-bond donors (Lipinski definition) is 1. The lowest BCUT2D eigenvalue weighted by Gasteiger charge is -2.30. The number of rotatable bonds is 6. The number of nitrogens with zero attached hydrogens (tertiary/aromatic N) is 1. The smallest absolute Gasteiger partial charge is 0.307 e. The maximum atomic E-state index is 15.9. The van der Waals surface area contributed by atoms with E-state index in [-0.39, 0.29) is 29.3 Å². The number of carboxylic acid groups (broad SMARTS) is 1. The van der Waals surface area contributed by atoms with Gasteiger partial charge in [0.15, 0.2) is 11.6 Å². The third-order valence-electron chi connectivity index (χ3n) is 9.65. The fourth-order valence-corrected chi connectivity index (χ4v) is 7.43. The average molecular weight is 550 g/mol. The second kappa shape index (κ2) is 9.64. The van der Waals surface area contributed by atoms with E-state index in [0.29, 0.717) is 41.6 Å². The average Bonchev–Trinajstić information content (AvgIpc) is 3.51. The molecule has 3 aliphatic rings. The SMILES string of the molecule is Cc1cc(-c2cc(F)c(COc3ccc4c(c3F)[C@]3(CCC4)C[C@H]3C(=O)O)cc2[C@@H]2CCCC2(C)C)c(F)cn1. The van der Waals surface area contributed by atoms with Crippen molar-refractivity contribution in [1.82, 2.24) is 4.98 Å². The highest BCUT2D eigenvalue weighted by Gasteiger charge is 2.62. The first kappa shape index (κ1) is 26.9. The number of aromatic nitrogens is 1. The summed E-state index contributed by atoms with van der Waals surface area (Å²) in [6, 6.07) is 8.16. The van der Waals surface area contributed by atoms with Crippen molar-refractivity contribution in [3.63, 3.8) is 0 Å². The van der Waals surface area contributed by atoms with Gasteiger partial charge in [0.05, 0.1) is 12.1 Å². The summed E-state index contributed by atoms with van der Waals surface area (Å²) in [6.07, 6.45) is 6.70. The van der Waals surface area contributed by atoms with Crippen molar-refractivity contribution in [3.8, 4) is 16.9 Å². The largest absolute Gasteiger partial charge is 0.486 e. The van der Waals surface area contributed by atoms with Gasteiger partial charge in [-0.05, 0) is 97.7 Å². The van der Waals surface area contributed by atoms with Gasteiger partial charge in [-0.15, -0.1) is 0 Å². The number of halogens is 3. The second-order valence-corrected chi connectivity index (χ2v) is 12.6. The van der Waals surface area contributed by atoms with Crippen molar-refractivity contribution in [2.45, 2.75) is 83.7 Å². The van der Waals surface area contributed by atoms with Crippen LogP contribution >= 0.6 is 0 Å². The Morgan fingerprint density at radius 3 is 2.58 bits per heavy atom. The lowest BCUT2D eigenvalue weighted by atomic mass is 9.75. The molecule has 1 N–H and O–H groups in total. The molecule has 3 atom stereocenters. The van der Waals surface area contributed by atoms with Crippen LogP contribution in [0.3, 0.4) is 0 Å². The number of aryl methyl sites for hydroxylation is 2. The van der Waals surface area contributed by atoms with Crippen LogP contribution in [0.5, 0.6) is 5.75 Å². The van der Waals surface area contributed by atoms with Crippen LogP contribution in [0.25, 0.3) is 11.1 Å². The summed E-state index contributed by atoms with van der Waals surface area (Å²) in [7, 11) is 0. The monoisotopic (exact) mass is 549 g/mol. The molecule has 0 aliphatic heterocycles. The van der Waals surface area contributed by atoms with Gasteiger partial charge in [-0.25, -0.2) is 13.2 Å². The summed E-state index contributed by atoms with van der Waals surface area (Å²) < 4.78 is 52.3. The Balaban J connectivity index is 1.36. The van der Waals surface area contributed by atoms with E-state index < -0.39 is 34.8 Å². The van der Waals surface area contributed by atoms with Crippen LogP contribution in [0.15, 0.2) is 36.5 Å². The maximum absolute atomic E-state index is 15.9. The number of pyridine rings is 1. The first-order valence-corrected chi connectivity index (χ1v) is 14.1. The van der Waals surface area contributed by atoms with Crippen molar-refractivity contribution >= 4 is 5.97 Å². The number of carboxylic acids is 1. The molecule has 1 aromatic heterocycles. The van der Waals surface area contributed by atoms with E-state index in [2.05, 4.69) is 18.8 Å². The number of benzene rings is 2. The molecule has 4 nitrogen and oxygen atoms in total. The molecule has 0 bridgehead atoms. The molecule has 3 aliphatic carbocycles. The molecule has 210 valence electrons. The van der Waals surface area contributed by atoms with Gasteiger partial charge < -0.3 is 9.84 Å². The van der Waals surface area contributed by atoms with E-state index in [1.807, 2.05) is 6.07 Å². The van der Waals surface area contributed by atoms with Crippen molar-refractivity contribution < 1.29 is 27.8 Å². The molecule has 0 saturated heterocycles. The minimum Gasteiger partial charge on any atom is -0.486 e. The minimum atomic E-state index is -0.899. The number of fused-ring (bicyclic) bond motifs is 2. The van der Waals surface area contributed by atoms with Crippen LogP contribution in [0.4, 0.5) is 13.2 Å². The van der Waals surface area contributed by atoms with Crippen LogP contribution in [0, 0.1) is 35.7 Å². The molecule has 2 saturated carbocycles. The quantitative estimate of drug-likeness (QED) is 0.338. The maximum Gasteiger partial charge on any atom is 0.307 e. The summed E-state index contributed by atoms with van der Waals surface area (Å²) >= 11 is 0. The molecule has 40 heavy (non-hydrogen) atoms. The highest BCUT2D eigenvalue weighted by molar-refractivity contribution is 5.78. The standard InChI is InChI=1S/C33H34F3NO3/c1-18-12-23(27(35)16-37-18)21-14-26(34)20(13-22(21)24-7-5-10-32(24,2)3)17-40-28-9-8-19-6-4-11-33(29(19)30(28)36)15-25(33)31(38)39/h8-9,12-14,16,24-25H,4-7,10-11,15,17H2,1-3H3,(H,38,39)/t24-,25-,33+/m0/s1. The van der Waals surface area contributed by atoms with Gasteiger partial charge in [0, 0.05) is 27.8 Å². The lowest BCUT2D eigenvalue weighted by molar-refractivity contribution is -0.139. The van der Waals surface area contributed by atoms with E-state index in [9.17, 15) is 14.3 Å². The molecule has 0 amide bonds. The predicted octanol–water partition coefficient (Wildman–Crippen LogP) is 8.03. The molecule has 1 heterocycles. The molecular weight excluding hydrogens is 515 g/mol. The summed E-state index contributed by atoms with van der Waals surface area (Å²) in [5, 5.41) is 9.61. The van der Waals surface area contributed by atoms with Crippen LogP contribution in [-0.2, 0) is 23.2 Å². The zero-order valence-electron chi connectivity index (χ0n) is 23.1. The molecule has 1 spiro atoms. The molecule has 0 unspecified atom stereocenters. The highest BCUT2D eigenvalue weighted by atomic mass is 19.1. The third-order valence-corrected chi connectivity index (χ3v) is 9.65. The molecule has 3 aromatic rings. The second-order valence-electron chi connectivity index (χ2n) is 12.6. The summed E-state index contributed by atoms with van der Waals surface area (Å²) in [5.41, 5.74) is 3.17. The fourth-order valence-electron chi connectivity index (χ4n) is 7.43. The number of carbonyl (C=O) groups is 1. The Morgan fingerprint density at radius 2 is 1.88 bits per heavy atom. The van der Waals surface area contributed by atoms with E-state index >= 15 is 8.78 Å². The van der Waals surface area contributed by atoms with Crippen LogP contribution in [0.1, 0.15) is 86.2 Å². The van der Waals surface area contributed by atoms with Crippen LogP contribution < -0.4 is 4.74 Å². The minimum absolute atomic E-state index is 0.00177. The van der Waals surface area contributed by atoms with Crippen molar-refractivity contribution in [3.05, 3.63) is 81.9 Å². The molecule has 2 fully saturated rings. The number of ether oxygens (including phenoxy) is 1. The van der Waals surface area contributed by atoms with Gasteiger partial charge in [0.2, 0.25) is 0 Å². The Morgan fingerprint density at radius 1 is 1.07 bits per heavy atom. The Bertz CT molecular complexity index is 1520. The summed E-state index contributed by atoms with van der Waals surface area (Å²) in [6.45, 7) is 5.94. The third kappa shape index (κ3) is 4.38. The molecule has 7 heteroatoms. The first-order chi connectivity index (χ1) is 19.0. The number of hydrogen-bond acceptors (Lipinski definition) is 3. The van der Waals surface area contributed by atoms with Crippen LogP contribution in [-0.4, -0.2) is 16.1 Å². The molecular formula is C33H34F3NO3. The zero-order chi connectivity index (χ0) is 28.4. The lowest BCUT2D eigenvalue weighted by Crippen LogP contribution is -2.23. The van der Waals surface area contributed by atoms with E-state index in [1.54, 1.807) is 25.1 Å². The normalized spacial score (nSPS) is 24.6. The van der Waals surface area contributed by atoms with E-state index in [4.69, 9.17) is 4.74 Å². The predicted molar refractivity (Wildman–Crippen MR) is 146 cm³/mol. The Labute approximate surface area is 232 Å². The Hall–Kier alpha value is -3.35. The van der Waals surface area contributed by atoms with Gasteiger partial charge >= 0.3 is 5.97 Å². The first-order valence-electron chi connectivity index (χ1n) is 14.1. The van der Waals surface area contributed by atoms with Crippen molar-refractivity contribution in [2.75, 3.05) is 0 Å². The Kier molecular flexibility index (Phi) is 6.47. The summed E-state index contributed by atoms with van der Waals surface area (Å²) in [5.74, 6) is -2.98. The van der Waals surface area contributed by atoms with Gasteiger partial charge in [0.1, 0.15) is 18.2 Å². The van der Waals surface area contributed by atoms with Crippen molar-refractivity contribution in [2.24, 2.45) is 11.3 Å². The number of aliphatic carboxylic acids is 1. The zero-order valence-corrected chi connectivity index (χ0v) is 23.1. The topological polar surface area (TPSA) is 59.4 Å². The molecule has 2 aromatic carbocycles. The molecule has 6 rings (SSSR count). The summed E-state index contributed by atoms with van der Waals surface area (Å²) in [4.78, 5) is 15.8. The van der Waals surface area contributed by atoms with Gasteiger partial charge in [0.25, 0.3) is 0 Å². The van der Waals surface area contributed by atoms with E-state index in [0.717, 1.165) is 36.8 Å². The van der Waals surface area contributed by atoms with Crippen LogP contribution in [0.2, 0.25) is 0 Å². The van der Waals surface area contributed by atoms with Gasteiger partial charge in [-0.1, -0.05) is 26.3 Å². The van der Waals surface area contributed by atoms with Gasteiger partial charge in [-0.2, -0.15) is 0 Å².